The maximum atomic E-state index is 12.6. The van der Waals surface area contributed by atoms with E-state index in [0.717, 1.165) is 43.3 Å². The summed E-state index contributed by atoms with van der Waals surface area (Å²) in [7, 11) is 0. The summed E-state index contributed by atoms with van der Waals surface area (Å²) in [5.41, 5.74) is 6.62. The number of carbonyl (C=O) groups is 1. The molecule has 1 aromatic heterocycles. The number of ether oxygens (including phenoxy) is 1. The minimum atomic E-state index is -0.311. The Bertz CT molecular complexity index is 624. The number of rotatable bonds is 4. The maximum Gasteiger partial charge on any atom is 0.251 e. The Hall–Kier alpha value is -1.15. The van der Waals surface area contributed by atoms with Crippen molar-refractivity contribution in [3.05, 3.63) is 17.6 Å². The maximum absolute atomic E-state index is 12.6. The van der Waals surface area contributed by atoms with Crippen LogP contribution in [0.4, 0.5) is 5.82 Å². The van der Waals surface area contributed by atoms with E-state index in [1.165, 1.54) is 0 Å². The summed E-state index contributed by atoms with van der Waals surface area (Å²) < 4.78 is 5.74. The van der Waals surface area contributed by atoms with Crippen molar-refractivity contribution < 1.29 is 9.53 Å². The van der Waals surface area contributed by atoms with Crippen molar-refractivity contribution in [2.24, 2.45) is 5.73 Å². The van der Waals surface area contributed by atoms with Crippen molar-refractivity contribution in [2.45, 2.75) is 51.7 Å². The zero-order chi connectivity index (χ0) is 18.0. The lowest BCUT2D eigenvalue weighted by Gasteiger charge is -2.36. The lowest BCUT2D eigenvalue weighted by atomic mass is 10.1. The van der Waals surface area contributed by atoms with Gasteiger partial charge in [0, 0.05) is 50.4 Å². The van der Waals surface area contributed by atoms with E-state index in [1.807, 2.05) is 17.9 Å². The molecule has 27 heavy (non-hydrogen) atoms. The number of nitrogens with two attached hydrogens (primary N) is 1. The molecule has 0 aliphatic carbocycles. The first kappa shape index (κ1) is 23.9. The van der Waals surface area contributed by atoms with Crippen molar-refractivity contribution in [3.8, 4) is 0 Å². The van der Waals surface area contributed by atoms with Crippen molar-refractivity contribution in [1.82, 2.24) is 14.9 Å². The molecule has 2 aliphatic rings. The molecule has 0 saturated carbocycles. The molecule has 2 fully saturated rings. The van der Waals surface area contributed by atoms with E-state index in [4.69, 9.17) is 15.5 Å². The van der Waals surface area contributed by atoms with Gasteiger partial charge >= 0.3 is 0 Å². The van der Waals surface area contributed by atoms with Gasteiger partial charge in [-0.15, -0.1) is 24.8 Å². The van der Waals surface area contributed by atoms with Gasteiger partial charge in [-0.2, -0.15) is 0 Å². The van der Waals surface area contributed by atoms with Crippen molar-refractivity contribution in [1.29, 1.82) is 0 Å². The first-order chi connectivity index (χ1) is 12.0. The van der Waals surface area contributed by atoms with Gasteiger partial charge in [0.25, 0.3) is 5.91 Å². The van der Waals surface area contributed by atoms with Crippen LogP contribution in [0.3, 0.4) is 0 Å². The highest BCUT2D eigenvalue weighted by atomic mass is 35.5. The fraction of sp³-hybridized carbons (Fsp3) is 0.722. The van der Waals surface area contributed by atoms with Crippen LogP contribution in [0, 0.1) is 6.92 Å². The van der Waals surface area contributed by atoms with Gasteiger partial charge in [0.2, 0.25) is 0 Å². The van der Waals surface area contributed by atoms with Crippen LogP contribution in [-0.4, -0.2) is 65.7 Å². The summed E-state index contributed by atoms with van der Waals surface area (Å²) in [6.07, 6.45) is 1.39. The first-order valence-electron chi connectivity index (χ1n) is 9.22. The fourth-order valence-corrected chi connectivity index (χ4v) is 3.41. The summed E-state index contributed by atoms with van der Waals surface area (Å²) in [6, 6.07) is 2.02. The van der Waals surface area contributed by atoms with Crippen LogP contribution in [-0.2, 0) is 9.53 Å². The molecular weight excluding hydrogens is 389 g/mol. The number of carbonyl (C=O) groups excluding carboxylic acids is 1. The Morgan fingerprint density at radius 2 is 1.89 bits per heavy atom. The molecule has 2 N–H and O–H groups in total. The van der Waals surface area contributed by atoms with Crippen LogP contribution >= 0.6 is 24.8 Å². The van der Waals surface area contributed by atoms with Crippen molar-refractivity contribution >= 4 is 36.5 Å². The molecule has 9 heteroatoms. The van der Waals surface area contributed by atoms with E-state index in [2.05, 4.69) is 23.7 Å². The molecule has 0 unspecified atom stereocenters. The third-order valence-corrected chi connectivity index (χ3v) is 4.94. The van der Waals surface area contributed by atoms with Crippen LogP contribution < -0.4 is 10.6 Å². The second-order valence-electron chi connectivity index (χ2n) is 7.25. The van der Waals surface area contributed by atoms with Crippen LogP contribution in [0.15, 0.2) is 6.07 Å². The predicted octanol–water partition coefficient (Wildman–Crippen LogP) is 1.91. The predicted molar refractivity (Wildman–Crippen MR) is 111 cm³/mol. The third-order valence-electron chi connectivity index (χ3n) is 4.94. The first-order valence-corrected chi connectivity index (χ1v) is 9.22. The number of piperazine rings is 1. The number of aromatic nitrogens is 2. The quantitative estimate of drug-likeness (QED) is 0.801. The highest BCUT2D eigenvalue weighted by Gasteiger charge is 2.34. The van der Waals surface area contributed by atoms with Gasteiger partial charge in [-0.3, -0.25) is 4.79 Å². The second kappa shape index (κ2) is 10.4. The number of halogens is 2. The summed E-state index contributed by atoms with van der Waals surface area (Å²) >= 11 is 0. The zero-order valence-corrected chi connectivity index (χ0v) is 17.9. The Balaban J connectivity index is 0.00000182. The van der Waals surface area contributed by atoms with E-state index in [0.29, 0.717) is 25.6 Å². The van der Waals surface area contributed by atoms with Gasteiger partial charge in [0.15, 0.2) is 0 Å². The standard InChI is InChI=1S/C18H29N5O2.2ClH/c1-12(2)17-20-13(3)10-16(21-17)22-6-8-23(9-7-22)18(24)15-5-4-14(11-19)25-15;;/h10,12,14-15H,4-9,11,19H2,1-3H3;2*1H/t14-,15+;;/m1../s1. The van der Waals surface area contributed by atoms with Crippen molar-refractivity contribution in [3.63, 3.8) is 0 Å². The van der Waals surface area contributed by atoms with Gasteiger partial charge in [-0.1, -0.05) is 13.8 Å². The van der Waals surface area contributed by atoms with E-state index in [-0.39, 0.29) is 42.9 Å². The molecule has 3 rings (SSSR count). The zero-order valence-electron chi connectivity index (χ0n) is 16.3. The number of nitrogens with zero attached hydrogens (tertiary/aromatic N) is 4. The summed E-state index contributed by atoms with van der Waals surface area (Å²) in [4.78, 5) is 26.0. The van der Waals surface area contributed by atoms with Crippen molar-refractivity contribution in [2.75, 3.05) is 37.6 Å². The minimum Gasteiger partial charge on any atom is -0.364 e. The van der Waals surface area contributed by atoms with Gasteiger partial charge in [-0.25, -0.2) is 9.97 Å². The average Bonchev–Trinajstić information content (AvgIpc) is 3.10. The molecule has 2 saturated heterocycles. The lowest BCUT2D eigenvalue weighted by molar-refractivity contribution is -0.143. The molecule has 0 radical (unpaired) electrons. The molecule has 154 valence electrons. The Morgan fingerprint density at radius 3 is 2.44 bits per heavy atom. The fourth-order valence-electron chi connectivity index (χ4n) is 3.41. The third kappa shape index (κ3) is 5.67. The van der Waals surface area contributed by atoms with Gasteiger partial charge in [0.05, 0.1) is 6.10 Å². The van der Waals surface area contributed by atoms with Crippen LogP contribution in [0.5, 0.6) is 0 Å². The Kier molecular flexibility index (Phi) is 9.21. The van der Waals surface area contributed by atoms with E-state index >= 15 is 0 Å². The van der Waals surface area contributed by atoms with Crippen LogP contribution in [0.1, 0.15) is 44.1 Å². The number of aryl methyl sites for hydroxylation is 1. The molecule has 0 spiro atoms. The van der Waals surface area contributed by atoms with Gasteiger partial charge in [-0.05, 0) is 19.8 Å². The average molecular weight is 420 g/mol. The smallest absolute Gasteiger partial charge is 0.251 e. The Labute approximate surface area is 173 Å². The molecule has 0 aromatic carbocycles. The summed E-state index contributed by atoms with van der Waals surface area (Å²) in [5.74, 6) is 2.25. The highest BCUT2D eigenvalue weighted by molar-refractivity contribution is 5.85. The topological polar surface area (TPSA) is 84.6 Å². The molecule has 1 aromatic rings. The summed E-state index contributed by atoms with van der Waals surface area (Å²) in [6.45, 7) is 9.67. The Morgan fingerprint density at radius 1 is 1.22 bits per heavy atom. The minimum absolute atomic E-state index is 0. The molecule has 2 aliphatic heterocycles. The van der Waals surface area contributed by atoms with E-state index in [1.54, 1.807) is 0 Å². The molecular formula is C18H31Cl2N5O2. The SMILES string of the molecule is Cc1cc(N2CCN(C(=O)[C@@H]3CC[C@H](CN)O3)CC2)nc(C(C)C)n1.Cl.Cl. The van der Waals surface area contributed by atoms with Crippen LogP contribution in [0.2, 0.25) is 0 Å². The highest BCUT2D eigenvalue weighted by Crippen LogP contribution is 2.23. The second-order valence-corrected chi connectivity index (χ2v) is 7.25. The number of hydrogen-bond donors (Lipinski definition) is 1. The molecule has 7 nitrogen and oxygen atoms in total. The number of amides is 1. The lowest BCUT2D eigenvalue weighted by Crippen LogP contribution is -2.51. The number of hydrogen-bond acceptors (Lipinski definition) is 6. The van der Waals surface area contributed by atoms with Crippen LogP contribution in [0.25, 0.3) is 0 Å². The number of anilines is 1. The monoisotopic (exact) mass is 419 g/mol. The molecule has 0 bridgehead atoms. The molecule has 3 heterocycles. The molecule has 1 amide bonds. The summed E-state index contributed by atoms with van der Waals surface area (Å²) in [5, 5.41) is 0. The van der Waals surface area contributed by atoms with E-state index < -0.39 is 0 Å². The largest absolute Gasteiger partial charge is 0.364 e. The molecule has 2 atom stereocenters. The van der Waals surface area contributed by atoms with Gasteiger partial charge < -0.3 is 20.3 Å². The normalized spacial score (nSPS) is 22.4. The van der Waals surface area contributed by atoms with Gasteiger partial charge in [0.1, 0.15) is 17.7 Å². The van der Waals surface area contributed by atoms with E-state index in [9.17, 15) is 4.79 Å².